The van der Waals surface area contributed by atoms with Gasteiger partial charge in [-0.15, -0.1) is 0 Å². The van der Waals surface area contributed by atoms with Gasteiger partial charge in [0.05, 0.1) is 39.3 Å². The van der Waals surface area contributed by atoms with Crippen LogP contribution in [0.25, 0.3) is 0 Å². The van der Waals surface area contributed by atoms with E-state index in [0.717, 1.165) is 43.5 Å². The molecule has 228 valence electrons. The van der Waals surface area contributed by atoms with Crippen LogP contribution in [0.2, 0.25) is 0 Å². The van der Waals surface area contributed by atoms with Gasteiger partial charge < -0.3 is 50.5 Å². The number of nitrogens with two attached hydrogens (primary N) is 1. The fourth-order valence-corrected chi connectivity index (χ4v) is 6.12. The number of rotatable bonds is 14. The van der Waals surface area contributed by atoms with Gasteiger partial charge in [0.1, 0.15) is 0 Å². The highest BCUT2D eigenvalue weighted by Crippen LogP contribution is 2.55. The lowest BCUT2D eigenvalue weighted by molar-refractivity contribution is -0.141. The number of esters is 1. The maximum Gasteiger partial charge on any atom is 0.310 e. The fraction of sp³-hybridized carbons (Fsp3) is 0.533. The van der Waals surface area contributed by atoms with E-state index < -0.39 is 17.9 Å². The molecule has 2 aromatic carbocycles. The number of ether oxygens (including phenoxy) is 5. The van der Waals surface area contributed by atoms with Crippen LogP contribution < -0.4 is 40.6 Å². The summed E-state index contributed by atoms with van der Waals surface area (Å²) >= 11 is 0. The van der Waals surface area contributed by atoms with E-state index in [4.69, 9.17) is 29.4 Å². The Labute approximate surface area is 245 Å². The molecular formula is C30H40N4O8. The molecule has 0 aromatic heterocycles. The molecule has 2 aliphatic heterocycles. The zero-order chi connectivity index (χ0) is 29.6. The second-order valence-electron chi connectivity index (χ2n) is 10.7. The molecule has 12 nitrogen and oxygen atoms in total. The summed E-state index contributed by atoms with van der Waals surface area (Å²) in [7, 11) is 2.91. The van der Waals surface area contributed by atoms with E-state index in [-0.39, 0.29) is 55.0 Å². The van der Waals surface area contributed by atoms with Crippen molar-refractivity contribution in [2.45, 2.75) is 31.2 Å². The Morgan fingerprint density at radius 1 is 0.952 bits per heavy atom. The molecule has 4 atom stereocenters. The lowest BCUT2D eigenvalue weighted by Crippen LogP contribution is -2.45. The fourth-order valence-electron chi connectivity index (χ4n) is 6.12. The highest BCUT2D eigenvalue weighted by molar-refractivity contribution is 5.81. The quantitative estimate of drug-likeness (QED) is 0.162. The molecule has 1 fully saturated rings. The molecule has 2 aromatic rings. The summed E-state index contributed by atoms with van der Waals surface area (Å²) in [5.41, 5.74) is 7.84. The number of nitrogens with one attached hydrogen (secondary N) is 3. The standard InChI is InChI=1S/C30H40N4O8/c1-38-23-10-17(11-24(39-2)29(23)36)26-18-12-21-22(42-16-41-21)13-19(18)28(20-15-40-30(37)27(20)26)34-25(35)14-33-8-4-3-7-32-9-5-6-31/h10-13,20,26-28,32-33,36H,3-9,14-16,31H2,1-2H3,(H,34,35)/t20-,26?,27+,28+/m0/s1. The van der Waals surface area contributed by atoms with Crippen molar-refractivity contribution in [1.29, 1.82) is 0 Å². The Balaban J connectivity index is 1.38. The summed E-state index contributed by atoms with van der Waals surface area (Å²) in [5.74, 6) is -0.457. The molecule has 5 rings (SSSR count). The van der Waals surface area contributed by atoms with Crippen molar-refractivity contribution >= 4 is 11.9 Å². The zero-order valence-electron chi connectivity index (χ0n) is 24.1. The molecular weight excluding hydrogens is 544 g/mol. The lowest BCUT2D eigenvalue weighted by atomic mass is 9.65. The van der Waals surface area contributed by atoms with Crippen LogP contribution in [-0.2, 0) is 14.3 Å². The highest BCUT2D eigenvalue weighted by atomic mass is 16.7. The maximum atomic E-state index is 13.3. The normalized spacial score (nSPS) is 21.8. The van der Waals surface area contributed by atoms with Crippen molar-refractivity contribution in [3.05, 3.63) is 41.0 Å². The summed E-state index contributed by atoms with van der Waals surface area (Å²) in [6, 6.07) is 6.68. The predicted molar refractivity (Wildman–Crippen MR) is 153 cm³/mol. The SMILES string of the molecule is COc1cc(C2c3cc4c(cc3[C@@H](NC(=O)CNCCCCNCCCN)[C@H]3COC(=O)[C@@H]23)OCO4)cc(OC)c1O. The number of hydrogen-bond acceptors (Lipinski definition) is 11. The summed E-state index contributed by atoms with van der Waals surface area (Å²) in [5, 5.41) is 20.3. The van der Waals surface area contributed by atoms with Crippen molar-refractivity contribution in [2.75, 3.05) is 60.3 Å². The van der Waals surface area contributed by atoms with Crippen LogP contribution >= 0.6 is 0 Å². The molecule has 2 heterocycles. The van der Waals surface area contributed by atoms with Crippen molar-refractivity contribution in [2.24, 2.45) is 17.6 Å². The molecule has 0 bridgehead atoms. The second-order valence-corrected chi connectivity index (χ2v) is 10.7. The number of carbonyl (C=O) groups is 2. The average molecular weight is 585 g/mol. The number of phenols is 1. The van der Waals surface area contributed by atoms with Gasteiger partial charge in [-0.05, 0) is 86.4 Å². The van der Waals surface area contributed by atoms with Gasteiger partial charge in [-0.3, -0.25) is 9.59 Å². The van der Waals surface area contributed by atoms with Crippen LogP contribution in [0.4, 0.5) is 0 Å². The van der Waals surface area contributed by atoms with Gasteiger partial charge >= 0.3 is 5.97 Å². The summed E-state index contributed by atoms with van der Waals surface area (Å²) in [4.78, 5) is 26.4. The van der Waals surface area contributed by atoms with Gasteiger partial charge in [-0.2, -0.15) is 0 Å². The number of methoxy groups -OCH3 is 2. The van der Waals surface area contributed by atoms with E-state index in [2.05, 4.69) is 16.0 Å². The first kappa shape index (κ1) is 29.7. The van der Waals surface area contributed by atoms with E-state index in [1.54, 1.807) is 12.1 Å². The summed E-state index contributed by atoms with van der Waals surface area (Å²) in [6.45, 7) is 3.63. The van der Waals surface area contributed by atoms with Crippen LogP contribution in [-0.4, -0.2) is 77.3 Å². The number of cyclic esters (lactones) is 1. The molecule has 12 heteroatoms. The van der Waals surface area contributed by atoms with E-state index in [9.17, 15) is 14.7 Å². The van der Waals surface area contributed by atoms with Gasteiger partial charge in [0.25, 0.3) is 0 Å². The first-order valence-electron chi connectivity index (χ1n) is 14.4. The molecule has 0 spiro atoms. The van der Waals surface area contributed by atoms with Gasteiger partial charge in [0.15, 0.2) is 23.0 Å². The molecule has 1 saturated heterocycles. The first-order chi connectivity index (χ1) is 20.5. The molecule has 1 aliphatic carbocycles. The monoisotopic (exact) mass is 584 g/mol. The molecule has 3 aliphatic rings. The minimum absolute atomic E-state index is 0.0854. The molecule has 0 radical (unpaired) electrons. The number of aromatic hydroxyl groups is 1. The zero-order valence-corrected chi connectivity index (χ0v) is 24.1. The minimum Gasteiger partial charge on any atom is -0.502 e. The van der Waals surface area contributed by atoms with Crippen LogP contribution in [0.1, 0.15) is 47.9 Å². The molecule has 1 unspecified atom stereocenters. The summed E-state index contributed by atoms with van der Waals surface area (Å²) < 4.78 is 27.8. The van der Waals surface area contributed by atoms with Crippen LogP contribution in [0.3, 0.4) is 0 Å². The molecule has 42 heavy (non-hydrogen) atoms. The predicted octanol–water partition coefficient (Wildman–Crippen LogP) is 1.54. The number of carbonyl (C=O) groups excluding carboxylic acids is 2. The molecule has 6 N–H and O–H groups in total. The minimum atomic E-state index is -0.596. The smallest absolute Gasteiger partial charge is 0.310 e. The summed E-state index contributed by atoms with van der Waals surface area (Å²) in [6.07, 6.45) is 2.90. The number of unbranched alkanes of at least 4 members (excludes halogenated alkanes) is 1. The molecule has 0 saturated carbocycles. The van der Waals surface area contributed by atoms with Gasteiger partial charge in [-0.1, -0.05) is 0 Å². The Morgan fingerprint density at radius 2 is 1.60 bits per heavy atom. The first-order valence-corrected chi connectivity index (χ1v) is 14.4. The highest BCUT2D eigenvalue weighted by Gasteiger charge is 2.53. The number of benzene rings is 2. The van der Waals surface area contributed by atoms with Crippen LogP contribution in [0.15, 0.2) is 24.3 Å². The average Bonchev–Trinajstić information content (AvgIpc) is 3.62. The van der Waals surface area contributed by atoms with Crippen molar-refractivity contribution < 1.29 is 38.4 Å². The number of fused-ring (bicyclic) bond motifs is 3. The lowest BCUT2D eigenvalue weighted by Gasteiger charge is -2.39. The van der Waals surface area contributed by atoms with E-state index in [1.807, 2.05) is 12.1 Å². The van der Waals surface area contributed by atoms with Crippen molar-refractivity contribution in [1.82, 2.24) is 16.0 Å². The van der Waals surface area contributed by atoms with Crippen LogP contribution in [0.5, 0.6) is 28.7 Å². The Bertz CT molecular complexity index is 1260. The van der Waals surface area contributed by atoms with Gasteiger partial charge in [-0.25, -0.2) is 0 Å². The Kier molecular flexibility index (Phi) is 9.55. The Morgan fingerprint density at radius 3 is 2.26 bits per heavy atom. The third-order valence-electron chi connectivity index (χ3n) is 8.17. The van der Waals surface area contributed by atoms with Crippen molar-refractivity contribution in [3.63, 3.8) is 0 Å². The Hall–Kier alpha value is -3.74. The molecule has 1 amide bonds. The topological polar surface area (TPSA) is 163 Å². The second kappa shape index (κ2) is 13.5. The van der Waals surface area contributed by atoms with E-state index in [0.29, 0.717) is 30.2 Å². The van der Waals surface area contributed by atoms with Gasteiger partial charge in [0.2, 0.25) is 18.4 Å². The number of hydrogen-bond donors (Lipinski definition) is 5. The maximum absolute atomic E-state index is 13.3. The van der Waals surface area contributed by atoms with E-state index in [1.165, 1.54) is 14.2 Å². The third kappa shape index (κ3) is 6.06. The third-order valence-corrected chi connectivity index (χ3v) is 8.17. The van der Waals surface area contributed by atoms with Crippen LogP contribution in [0, 0.1) is 11.8 Å². The van der Waals surface area contributed by atoms with E-state index >= 15 is 0 Å². The largest absolute Gasteiger partial charge is 0.502 e. The van der Waals surface area contributed by atoms with Crippen molar-refractivity contribution in [3.8, 4) is 28.7 Å². The van der Waals surface area contributed by atoms with Gasteiger partial charge in [0, 0.05) is 11.8 Å². The number of amides is 1. The number of phenolic OH excluding ortho intramolecular Hbond substituents is 1.